The molecular weight excluding hydrogens is 368 g/mol. The Labute approximate surface area is 160 Å². The van der Waals surface area contributed by atoms with Crippen LogP contribution < -0.4 is 0 Å². The van der Waals surface area contributed by atoms with E-state index in [2.05, 4.69) is 0 Å². The molecule has 1 unspecified atom stereocenters. The summed E-state index contributed by atoms with van der Waals surface area (Å²) in [7, 11) is 0. The normalized spacial score (nSPS) is 23.6. The number of aliphatic hydroxyl groups is 1. The van der Waals surface area contributed by atoms with Crippen molar-refractivity contribution in [2.45, 2.75) is 24.6 Å². The Bertz CT molecular complexity index is 807. The van der Waals surface area contributed by atoms with E-state index in [1.165, 1.54) is 0 Å². The third kappa shape index (κ3) is 4.54. The molecule has 1 aliphatic heterocycles. The van der Waals surface area contributed by atoms with Crippen molar-refractivity contribution in [1.29, 1.82) is 0 Å². The Kier molecular flexibility index (Phi) is 6.36. The van der Waals surface area contributed by atoms with Gasteiger partial charge in [0.05, 0.1) is 11.1 Å². The van der Waals surface area contributed by atoms with Gasteiger partial charge >= 0.3 is 11.9 Å². The summed E-state index contributed by atoms with van der Waals surface area (Å²) in [4.78, 5) is 35.2. The number of carbonyl (C=O) groups is 3. The molecule has 8 nitrogen and oxygen atoms in total. The first-order chi connectivity index (χ1) is 13.6. The molecule has 0 radical (unpaired) electrons. The summed E-state index contributed by atoms with van der Waals surface area (Å²) in [5, 5.41) is 10.1. The van der Waals surface area contributed by atoms with Gasteiger partial charge in [0.2, 0.25) is 0 Å². The summed E-state index contributed by atoms with van der Waals surface area (Å²) >= 11 is 0. The van der Waals surface area contributed by atoms with Crippen LogP contribution in [0.25, 0.3) is 0 Å². The molecule has 0 bridgehead atoms. The zero-order chi connectivity index (χ0) is 19.9. The second kappa shape index (κ2) is 9.12. The van der Waals surface area contributed by atoms with E-state index in [-0.39, 0.29) is 18.6 Å². The van der Waals surface area contributed by atoms with Crippen LogP contribution in [0.2, 0.25) is 0 Å². The Hall–Kier alpha value is -3.23. The fraction of sp³-hybridized carbons (Fsp3) is 0.250. The molecule has 1 heterocycles. The summed E-state index contributed by atoms with van der Waals surface area (Å²) in [5.74, 6) is -1.32. The highest BCUT2D eigenvalue weighted by Gasteiger charge is 2.49. The molecule has 0 aliphatic carbocycles. The van der Waals surface area contributed by atoms with Gasteiger partial charge in [-0.05, 0) is 24.3 Å². The van der Waals surface area contributed by atoms with Crippen LogP contribution in [-0.2, 0) is 23.7 Å². The van der Waals surface area contributed by atoms with Crippen molar-refractivity contribution < 1.29 is 38.4 Å². The summed E-state index contributed by atoms with van der Waals surface area (Å²) < 4.78 is 20.6. The van der Waals surface area contributed by atoms with Crippen LogP contribution in [0.5, 0.6) is 0 Å². The number of hydrogen-bond acceptors (Lipinski definition) is 8. The molecule has 1 N–H and O–H groups in total. The predicted molar refractivity (Wildman–Crippen MR) is 94.2 cm³/mol. The Morgan fingerprint density at radius 1 is 0.929 bits per heavy atom. The van der Waals surface area contributed by atoms with E-state index < -0.39 is 36.5 Å². The number of benzene rings is 2. The van der Waals surface area contributed by atoms with Gasteiger partial charge in [-0.3, -0.25) is 4.79 Å². The molecule has 0 saturated carbocycles. The average Bonchev–Trinajstić information content (AvgIpc) is 3.02. The van der Waals surface area contributed by atoms with Crippen LogP contribution in [0.1, 0.15) is 20.7 Å². The lowest BCUT2D eigenvalue weighted by Crippen LogP contribution is -2.40. The molecule has 4 atom stereocenters. The highest BCUT2D eigenvalue weighted by molar-refractivity contribution is 5.89. The molecule has 0 aromatic heterocycles. The fourth-order valence-corrected chi connectivity index (χ4v) is 2.78. The molecule has 0 amide bonds. The molecule has 28 heavy (non-hydrogen) atoms. The van der Waals surface area contributed by atoms with Gasteiger partial charge in [0, 0.05) is 0 Å². The van der Waals surface area contributed by atoms with Crippen molar-refractivity contribution in [1.82, 2.24) is 0 Å². The van der Waals surface area contributed by atoms with E-state index in [0.717, 1.165) is 0 Å². The molecule has 1 fully saturated rings. The maximum absolute atomic E-state index is 12.2. The molecule has 2 aromatic rings. The van der Waals surface area contributed by atoms with Gasteiger partial charge in [-0.15, -0.1) is 0 Å². The van der Waals surface area contributed by atoms with Crippen molar-refractivity contribution in [3.05, 3.63) is 71.8 Å². The van der Waals surface area contributed by atoms with Gasteiger partial charge in [0.15, 0.2) is 18.5 Å². The lowest BCUT2D eigenvalue weighted by atomic mass is 10.1. The molecule has 146 valence electrons. The topological polar surface area (TPSA) is 108 Å². The minimum atomic E-state index is -1.54. The van der Waals surface area contributed by atoms with E-state index in [1.807, 2.05) is 0 Å². The molecule has 2 aromatic carbocycles. The van der Waals surface area contributed by atoms with E-state index in [4.69, 9.17) is 18.9 Å². The largest absolute Gasteiger partial charge is 0.459 e. The minimum Gasteiger partial charge on any atom is -0.459 e. The number of aliphatic hydroxyl groups excluding tert-OH is 1. The van der Waals surface area contributed by atoms with Crippen LogP contribution in [0.4, 0.5) is 0 Å². The number of carbonyl (C=O) groups excluding carboxylic acids is 3. The van der Waals surface area contributed by atoms with E-state index in [1.54, 1.807) is 60.7 Å². The predicted octanol–water partition coefficient (Wildman–Crippen LogP) is 1.33. The van der Waals surface area contributed by atoms with Crippen molar-refractivity contribution >= 4 is 18.4 Å². The number of hydrogen-bond donors (Lipinski definition) is 1. The van der Waals surface area contributed by atoms with Gasteiger partial charge in [-0.1, -0.05) is 36.4 Å². The first-order valence-electron chi connectivity index (χ1n) is 8.51. The summed E-state index contributed by atoms with van der Waals surface area (Å²) in [6, 6.07) is 16.4. The van der Waals surface area contributed by atoms with Gasteiger partial charge in [0.1, 0.15) is 12.7 Å². The first kappa shape index (κ1) is 19.5. The fourth-order valence-electron chi connectivity index (χ4n) is 2.78. The molecule has 0 spiro atoms. The van der Waals surface area contributed by atoms with Gasteiger partial charge < -0.3 is 24.1 Å². The summed E-state index contributed by atoms with van der Waals surface area (Å²) in [6.45, 7) is -0.149. The zero-order valence-electron chi connectivity index (χ0n) is 14.7. The number of rotatable bonds is 7. The minimum absolute atomic E-state index is 0.154. The summed E-state index contributed by atoms with van der Waals surface area (Å²) in [6.07, 6.45) is -4.94. The van der Waals surface area contributed by atoms with Crippen molar-refractivity contribution in [3.63, 3.8) is 0 Å². The highest BCUT2D eigenvalue weighted by Crippen LogP contribution is 2.26. The lowest BCUT2D eigenvalue weighted by molar-refractivity contribution is -0.141. The van der Waals surface area contributed by atoms with Crippen LogP contribution in [0.3, 0.4) is 0 Å². The number of esters is 2. The Morgan fingerprint density at radius 2 is 1.50 bits per heavy atom. The smallest absolute Gasteiger partial charge is 0.338 e. The second-order valence-electron chi connectivity index (χ2n) is 5.96. The van der Waals surface area contributed by atoms with Crippen molar-refractivity contribution in [2.75, 3.05) is 6.61 Å². The first-order valence-corrected chi connectivity index (χ1v) is 8.51. The maximum atomic E-state index is 12.2. The van der Waals surface area contributed by atoms with E-state index in [9.17, 15) is 19.5 Å². The molecule has 3 rings (SSSR count). The highest BCUT2D eigenvalue weighted by atomic mass is 16.7. The maximum Gasteiger partial charge on any atom is 0.338 e. The quantitative estimate of drug-likeness (QED) is 0.431. The Morgan fingerprint density at radius 3 is 2.07 bits per heavy atom. The van der Waals surface area contributed by atoms with Gasteiger partial charge in [-0.25, -0.2) is 9.59 Å². The van der Waals surface area contributed by atoms with E-state index >= 15 is 0 Å². The second-order valence-corrected chi connectivity index (χ2v) is 5.96. The molecule has 8 heteroatoms. The molecule has 1 aliphatic rings. The average molecular weight is 386 g/mol. The van der Waals surface area contributed by atoms with Gasteiger partial charge in [0.25, 0.3) is 6.47 Å². The monoisotopic (exact) mass is 386 g/mol. The lowest BCUT2D eigenvalue weighted by Gasteiger charge is -2.21. The third-order valence-corrected chi connectivity index (χ3v) is 4.14. The molecular formula is C20H18O8. The SMILES string of the molecule is O=CO[C@@H]1[C@@H](COC(=O)c2ccccc2)OC(O)[C@@H]1OC(=O)c1ccccc1. The standard InChI is InChI=1S/C20H18O8/c21-12-26-16-15(11-25-18(22)13-7-3-1-4-8-13)27-20(24)17(16)28-19(23)14-9-5-2-6-10-14/h1-10,12,15-17,20,24H,11H2/t15-,16-,17-,20?/m1/s1. The van der Waals surface area contributed by atoms with Crippen LogP contribution >= 0.6 is 0 Å². The summed E-state index contributed by atoms with van der Waals surface area (Å²) in [5.41, 5.74) is 0.597. The van der Waals surface area contributed by atoms with Gasteiger partial charge in [-0.2, -0.15) is 0 Å². The Balaban J connectivity index is 1.65. The van der Waals surface area contributed by atoms with Crippen LogP contribution in [0.15, 0.2) is 60.7 Å². The third-order valence-electron chi connectivity index (χ3n) is 4.14. The van der Waals surface area contributed by atoms with Crippen molar-refractivity contribution in [3.8, 4) is 0 Å². The molecule has 1 saturated heterocycles. The van der Waals surface area contributed by atoms with Crippen molar-refractivity contribution in [2.24, 2.45) is 0 Å². The van der Waals surface area contributed by atoms with E-state index in [0.29, 0.717) is 5.56 Å². The van der Waals surface area contributed by atoms with Crippen LogP contribution in [0, 0.1) is 0 Å². The number of ether oxygens (including phenoxy) is 4. The zero-order valence-corrected chi connectivity index (χ0v) is 14.7. The van der Waals surface area contributed by atoms with Crippen LogP contribution in [-0.4, -0.2) is 54.7 Å².